The molecule has 0 spiro atoms. The van der Waals surface area contributed by atoms with E-state index in [-0.39, 0.29) is 29.8 Å². The average Bonchev–Trinajstić information content (AvgIpc) is 2.36. The average molecular weight is 282 g/mol. The molecule has 1 rings (SSSR count). The highest BCUT2D eigenvalue weighted by Gasteiger charge is 2.18. The summed E-state index contributed by atoms with van der Waals surface area (Å²) in [7, 11) is 0. The number of hydrogen-bond acceptors (Lipinski definition) is 7. The zero-order chi connectivity index (χ0) is 15.3. The standard InChI is InChI=1S/C11H18N6O3/c1-7(2)5-16(6-9(12)18)11-4-8(17(19)20)3-10(14-11)15-13/h3-4,7H,5-6,13H2,1-2H3,(H2,12,18)(H,14,15). The predicted octanol–water partition coefficient (Wildman–Crippen LogP) is 0.223. The number of carbonyl (C=O) groups is 1. The number of nitro groups is 1. The molecule has 1 aromatic heterocycles. The fourth-order valence-corrected chi connectivity index (χ4v) is 1.71. The number of nitrogens with one attached hydrogen (secondary N) is 1. The van der Waals surface area contributed by atoms with Crippen LogP contribution in [-0.4, -0.2) is 28.9 Å². The Morgan fingerprint density at radius 2 is 2.20 bits per heavy atom. The number of hydrazine groups is 1. The van der Waals surface area contributed by atoms with Crippen LogP contribution in [-0.2, 0) is 4.79 Å². The summed E-state index contributed by atoms with van der Waals surface area (Å²) in [6.07, 6.45) is 0. The van der Waals surface area contributed by atoms with Crippen molar-refractivity contribution in [1.29, 1.82) is 0 Å². The molecule has 9 nitrogen and oxygen atoms in total. The largest absolute Gasteiger partial charge is 0.368 e. The molecule has 0 fully saturated rings. The van der Waals surface area contributed by atoms with Gasteiger partial charge >= 0.3 is 0 Å². The third-order valence-electron chi connectivity index (χ3n) is 2.41. The molecule has 1 amide bonds. The predicted molar refractivity (Wildman–Crippen MR) is 74.9 cm³/mol. The third-order valence-corrected chi connectivity index (χ3v) is 2.41. The van der Waals surface area contributed by atoms with Crippen molar-refractivity contribution in [1.82, 2.24) is 4.98 Å². The Bertz CT molecular complexity index is 505. The molecule has 0 aliphatic rings. The van der Waals surface area contributed by atoms with Crippen LogP contribution in [0.4, 0.5) is 17.3 Å². The van der Waals surface area contributed by atoms with Crippen LogP contribution in [0.2, 0.25) is 0 Å². The summed E-state index contributed by atoms with van der Waals surface area (Å²) < 4.78 is 0. The smallest absolute Gasteiger partial charge is 0.276 e. The zero-order valence-corrected chi connectivity index (χ0v) is 11.4. The SMILES string of the molecule is CC(C)CN(CC(N)=O)c1cc([N+](=O)[O-])cc(NN)n1. The van der Waals surface area contributed by atoms with E-state index in [4.69, 9.17) is 11.6 Å². The molecule has 0 aromatic carbocycles. The Morgan fingerprint density at radius 3 is 2.65 bits per heavy atom. The summed E-state index contributed by atoms with van der Waals surface area (Å²) in [6, 6.07) is 2.49. The van der Waals surface area contributed by atoms with E-state index >= 15 is 0 Å². The molecule has 0 bridgehead atoms. The maximum Gasteiger partial charge on any atom is 0.276 e. The van der Waals surface area contributed by atoms with Crippen molar-refractivity contribution in [2.75, 3.05) is 23.4 Å². The molecule has 1 aromatic rings. The third kappa shape index (κ3) is 4.35. The number of amides is 1. The van der Waals surface area contributed by atoms with Gasteiger partial charge in [-0.1, -0.05) is 13.8 Å². The summed E-state index contributed by atoms with van der Waals surface area (Å²) in [4.78, 5) is 27.2. The molecule has 1 heterocycles. The second-order valence-electron chi connectivity index (χ2n) is 4.71. The van der Waals surface area contributed by atoms with Gasteiger partial charge in [0.15, 0.2) is 0 Å². The van der Waals surface area contributed by atoms with E-state index in [9.17, 15) is 14.9 Å². The second-order valence-corrected chi connectivity index (χ2v) is 4.71. The lowest BCUT2D eigenvalue weighted by Gasteiger charge is -2.24. The van der Waals surface area contributed by atoms with Crippen LogP contribution in [0.5, 0.6) is 0 Å². The number of aromatic nitrogens is 1. The first-order chi connectivity index (χ1) is 9.33. The fraction of sp³-hybridized carbons (Fsp3) is 0.455. The van der Waals surface area contributed by atoms with Crippen molar-refractivity contribution in [2.24, 2.45) is 17.5 Å². The van der Waals surface area contributed by atoms with Gasteiger partial charge in [-0.05, 0) is 5.92 Å². The van der Waals surface area contributed by atoms with Crippen molar-refractivity contribution < 1.29 is 9.72 Å². The maximum absolute atomic E-state index is 11.1. The van der Waals surface area contributed by atoms with E-state index in [1.54, 1.807) is 4.90 Å². The van der Waals surface area contributed by atoms with Gasteiger partial charge in [0.05, 0.1) is 23.6 Å². The van der Waals surface area contributed by atoms with E-state index in [1.165, 1.54) is 12.1 Å². The first-order valence-corrected chi connectivity index (χ1v) is 5.99. The Balaban J connectivity index is 3.19. The number of anilines is 2. The van der Waals surface area contributed by atoms with Crippen molar-refractivity contribution in [3.05, 3.63) is 22.2 Å². The molecular formula is C11H18N6O3. The molecule has 5 N–H and O–H groups in total. The Labute approximate surface area is 116 Å². The first-order valence-electron chi connectivity index (χ1n) is 5.99. The highest BCUT2D eigenvalue weighted by Crippen LogP contribution is 2.23. The van der Waals surface area contributed by atoms with Gasteiger partial charge in [-0.3, -0.25) is 14.9 Å². The molecule has 0 saturated heterocycles. The number of nitrogens with two attached hydrogens (primary N) is 2. The van der Waals surface area contributed by atoms with Crippen molar-refractivity contribution in [2.45, 2.75) is 13.8 Å². The van der Waals surface area contributed by atoms with Gasteiger partial charge < -0.3 is 16.1 Å². The zero-order valence-electron chi connectivity index (χ0n) is 11.4. The monoisotopic (exact) mass is 282 g/mol. The van der Waals surface area contributed by atoms with Crippen LogP contribution in [0.25, 0.3) is 0 Å². The number of carbonyl (C=O) groups excluding carboxylic acids is 1. The Morgan fingerprint density at radius 1 is 1.55 bits per heavy atom. The summed E-state index contributed by atoms with van der Waals surface area (Å²) in [5.74, 6) is 5.35. The van der Waals surface area contributed by atoms with Gasteiger partial charge in [-0.2, -0.15) is 0 Å². The van der Waals surface area contributed by atoms with Gasteiger partial charge in [0.1, 0.15) is 11.6 Å². The van der Waals surface area contributed by atoms with Crippen LogP contribution in [0.3, 0.4) is 0 Å². The summed E-state index contributed by atoms with van der Waals surface area (Å²) in [5.41, 5.74) is 7.29. The van der Waals surface area contributed by atoms with E-state index in [0.717, 1.165) is 0 Å². The van der Waals surface area contributed by atoms with E-state index < -0.39 is 10.8 Å². The van der Waals surface area contributed by atoms with Crippen molar-refractivity contribution in [3.63, 3.8) is 0 Å². The van der Waals surface area contributed by atoms with Gasteiger partial charge in [-0.15, -0.1) is 0 Å². The molecule has 9 heteroatoms. The van der Waals surface area contributed by atoms with E-state index in [2.05, 4.69) is 10.4 Å². The maximum atomic E-state index is 11.1. The molecule has 0 aliphatic heterocycles. The number of nitrogen functional groups attached to an aromatic ring is 1. The van der Waals surface area contributed by atoms with Crippen LogP contribution in [0, 0.1) is 16.0 Å². The lowest BCUT2D eigenvalue weighted by atomic mass is 10.2. The minimum Gasteiger partial charge on any atom is -0.368 e. The molecular weight excluding hydrogens is 264 g/mol. The fourth-order valence-electron chi connectivity index (χ4n) is 1.71. The summed E-state index contributed by atoms with van der Waals surface area (Å²) in [6.45, 7) is 4.32. The summed E-state index contributed by atoms with van der Waals surface area (Å²) >= 11 is 0. The number of hydrogen-bond donors (Lipinski definition) is 3. The number of pyridine rings is 1. The molecule has 0 aliphatic carbocycles. The van der Waals surface area contributed by atoms with Crippen molar-refractivity contribution in [3.8, 4) is 0 Å². The quantitative estimate of drug-likeness (QED) is 0.369. The van der Waals surface area contributed by atoms with Crippen LogP contribution < -0.4 is 21.9 Å². The van der Waals surface area contributed by atoms with Gasteiger partial charge in [0.2, 0.25) is 5.91 Å². The Kier molecular flexibility index (Phi) is 5.21. The number of primary amides is 1. The number of rotatable bonds is 7. The minimum atomic E-state index is -0.552. The van der Waals surface area contributed by atoms with E-state index in [0.29, 0.717) is 6.54 Å². The summed E-state index contributed by atoms with van der Waals surface area (Å²) in [5, 5.41) is 10.9. The molecule has 0 saturated carbocycles. The molecule has 20 heavy (non-hydrogen) atoms. The lowest BCUT2D eigenvalue weighted by Crippen LogP contribution is -2.37. The molecule has 0 unspecified atom stereocenters. The van der Waals surface area contributed by atoms with Gasteiger partial charge in [-0.25, -0.2) is 10.8 Å². The highest BCUT2D eigenvalue weighted by molar-refractivity contribution is 5.79. The normalized spacial score (nSPS) is 10.4. The first kappa shape index (κ1) is 15.6. The molecule has 0 radical (unpaired) electrons. The van der Waals surface area contributed by atoms with Crippen LogP contribution in [0.15, 0.2) is 12.1 Å². The van der Waals surface area contributed by atoms with Crippen LogP contribution >= 0.6 is 0 Å². The van der Waals surface area contributed by atoms with Gasteiger partial charge in [0, 0.05) is 6.54 Å². The van der Waals surface area contributed by atoms with Crippen molar-refractivity contribution >= 4 is 23.2 Å². The lowest BCUT2D eigenvalue weighted by molar-refractivity contribution is -0.384. The number of nitrogens with zero attached hydrogens (tertiary/aromatic N) is 3. The van der Waals surface area contributed by atoms with Crippen LogP contribution in [0.1, 0.15) is 13.8 Å². The molecule has 110 valence electrons. The van der Waals surface area contributed by atoms with E-state index in [1.807, 2.05) is 13.8 Å². The Hall–Kier alpha value is -2.42. The second kappa shape index (κ2) is 6.66. The topological polar surface area (TPSA) is 140 Å². The minimum absolute atomic E-state index is 0.0731. The molecule has 0 atom stereocenters. The highest BCUT2D eigenvalue weighted by atomic mass is 16.6. The van der Waals surface area contributed by atoms with Gasteiger partial charge in [0.25, 0.3) is 5.69 Å².